The number of nitrogens with zero attached hydrogens (tertiary/aromatic N) is 3. The number of nitrogens with one attached hydrogen (secondary N) is 5. The molecule has 19 nitrogen and oxygen atoms in total. The number of aromatic nitrogens is 1. The van der Waals surface area contributed by atoms with Crippen molar-refractivity contribution < 1.29 is 48.1 Å². The molecule has 0 spiro atoms. The van der Waals surface area contributed by atoms with Crippen LogP contribution in [-0.2, 0) is 65.9 Å². The monoisotopic (exact) mass is 1080 g/mol. The number of primary amides is 1. The maximum absolute atomic E-state index is 14.2. The SMILES string of the molecule is Cc1ncsc1-c1ccc(CNC(=O)[C@@H]2C[C@@H](O)CN2C(=O)C(NC(=O)NCCCc2ccc(CO[C@H](C)[C@H](CCC(N)=O)NC(=O)[C@@H]3Cc4cccc5c4N3C(=O)[C@@H](NC(=O)OC(C)(C)C)CC5)cc2)C(C)(C)C)cc1. The molecule has 1 saturated heterocycles. The van der Waals surface area contributed by atoms with E-state index in [0.717, 1.165) is 44.0 Å². The van der Waals surface area contributed by atoms with Crippen LogP contribution in [0, 0.1) is 12.3 Å². The van der Waals surface area contributed by atoms with Crippen molar-refractivity contribution in [2.24, 2.45) is 11.1 Å². The number of likely N-dealkylation sites (tertiary alicyclic amines) is 1. The van der Waals surface area contributed by atoms with Crippen molar-refractivity contribution >= 4 is 58.7 Å². The molecule has 414 valence electrons. The summed E-state index contributed by atoms with van der Waals surface area (Å²) < 4.78 is 11.7. The van der Waals surface area contributed by atoms with Crippen molar-refractivity contribution in [3.8, 4) is 10.4 Å². The number of para-hydroxylation sites is 1. The van der Waals surface area contributed by atoms with Crippen LogP contribution in [-0.4, -0.2) is 118 Å². The zero-order chi connectivity index (χ0) is 55.8. The lowest BCUT2D eigenvalue weighted by molar-refractivity contribution is -0.142. The van der Waals surface area contributed by atoms with Gasteiger partial charge in [0.1, 0.15) is 29.8 Å². The number of amides is 8. The topological polar surface area (TPSA) is 264 Å². The van der Waals surface area contributed by atoms with E-state index in [4.69, 9.17) is 15.2 Å². The number of carbonyl (C=O) groups excluding carboxylic acids is 7. The minimum absolute atomic E-state index is 0.00437. The molecule has 3 aliphatic heterocycles. The van der Waals surface area contributed by atoms with Crippen molar-refractivity contribution in [2.75, 3.05) is 18.0 Å². The minimum atomic E-state index is -0.985. The Hall–Kier alpha value is -6.90. The number of carbonyl (C=O) groups is 7. The number of aliphatic hydroxyl groups is 1. The van der Waals surface area contributed by atoms with Gasteiger partial charge in [-0.15, -0.1) is 11.3 Å². The van der Waals surface area contributed by atoms with E-state index in [1.807, 2.05) is 101 Å². The van der Waals surface area contributed by atoms with Gasteiger partial charge >= 0.3 is 12.1 Å². The number of alkyl carbamates (subject to hydrolysis) is 1. The number of hydrogen-bond acceptors (Lipinski definition) is 12. The largest absolute Gasteiger partial charge is 0.444 e. The lowest BCUT2D eigenvalue weighted by Crippen LogP contribution is -2.59. The third-order valence-corrected chi connectivity index (χ3v) is 15.1. The smallest absolute Gasteiger partial charge is 0.408 e. The number of β-amino-alcohol motifs (C(OH)–C–C–N with tert-alkyl or cyclic N) is 1. The summed E-state index contributed by atoms with van der Waals surface area (Å²) in [6, 6.07) is 16.5. The fourth-order valence-corrected chi connectivity index (χ4v) is 10.8. The van der Waals surface area contributed by atoms with E-state index in [9.17, 15) is 38.7 Å². The number of anilines is 1. The molecule has 7 rings (SSSR count). The van der Waals surface area contributed by atoms with Crippen LogP contribution in [0.2, 0.25) is 0 Å². The van der Waals surface area contributed by atoms with Gasteiger partial charge in [-0.3, -0.25) is 28.9 Å². The Labute approximate surface area is 454 Å². The van der Waals surface area contributed by atoms with Crippen LogP contribution in [0.15, 0.2) is 72.2 Å². The first kappa shape index (κ1) is 57.8. The summed E-state index contributed by atoms with van der Waals surface area (Å²) in [5.74, 6) is -2.19. The second kappa shape index (κ2) is 25.1. The zero-order valence-corrected chi connectivity index (χ0v) is 46.2. The molecule has 1 unspecified atom stereocenters. The van der Waals surface area contributed by atoms with Crippen LogP contribution in [0.4, 0.5) is 15.3 Å². The lowest BCUT2D eigenvalue weighted by Gasteiger charge is -2.35. The molecule has 3 aromatic carbocycles. The highest BCUT2D eigenvalue weighted by Gasteiger charge is 2.46. The first-order valence-electron chi connectivity index (χ1n) is 26.5. The van der Waals surface area contributed by atoms with Crippen LogP contribution in [0.25, 0.3) is 10.4 Å². The third-order valence-electron chi connectivity index (χ3n) is 14.1. The Bertz CT molecular complexity index is 2770. The number of aliphatic hydroxyl groups excluding tert-OH is 1. The molecule has 1 fully saturated rings. The molecule has 7 atom stereocenters. The lowest BCUT2D eigenvalue weighted by atomic mass is 9.85. The normalized spacial score (nSPS) is 19.3. The number of hydrogen-bond donors (Lipinski definition) is 7. The van der Waals surface area contributed by atoms with Crippen LogP contribution >= 0.6 is 11.3 Å². The highest BCUT2D eigenvalue weighted by atomic mass is 32.1. The van der Waals surface area contributed by atoms with E-state index in [1.54, 1.807) is 37.6 Å². The molecule has 3 aliphatic rings. The van der Waals surface area contributed by atoms with Crippen molar-refractivity contribution in [1.29, 1.82) is 0 Å². The van der Waals surface area contributed by atoms with Gasteiger partial charge in [0.25, 0.3) is 0 Å². The Morgan fingerprint density at radius 1 is 0.883 bits per heavy atom. The van der Waals surface area contributed by atoms with Gasteiger partial charge in [0, 0.05) is 38.9 Å². The fourth-order valence-electron chi connectivity index (χ4n) is 10.0. The first-order chi connectivity index (χ1) is 36.4. The molecular weight excluding hydrogens is 1000 g/mol. The molecule has 0 saturated carbocycles. The van der Waals surface area contributed by atoms with E-state index in [2.05, 4.69) is 31.6 Å². The predicted molar refractivity (Wildman–Crippen MR) is 292 cm³/mol. The molecule has 0 radical (unpaired) electrons. The average Bonchev–Trinajstić information content (AvgIpc) is 4.14. The Kier molecular flexibility index (Phi) is 18.8. The van der Waals surface area contributed by atoms with Crippen LogP contribution in [0.1, 0.15) is 114 Å². The summed E-state index contributed by atoms with van der Waals surface area (Å²) in [6.07, 6.45) is 0.463. The van der Waals surface area contributed by atoms with Gasteiger partial charge in [0.15, 0.2) is 0 Å². The van der Waals surface area contributed by atoms with E-state index in [0.29, 0.717) is 37.9 Å². The molecular formula is C57H75N9O10S. The van der Waals surface area contributed by atoms with Crippen molar-refractivity contribution in [2.45, 2.75) is 168 Å². The van der Waals surface area contributed by atoms with Crippen LogP contribution in [0.5, 0.6) is 0 Å². The van der Waals surface area contributed by atoms with E-state index < -0.39 is 89.2 Å². The Morgan fingerprint density at radius 3 is 2.23 bits per heavy atom. The molecule has 8 amide bonds. The molecule has 20 heteroatoms. The molecule has 4 aromatic rings. The van der Waals surface area contributed by atoms with Crippen molar-refractivity contribution in [1.82, 2.24) is 36.5 Å². The second-order valence-electron chi connectivity index (χ2n) is 22.4. The summed E-state index contributed by atoms with van der Waals surface area (Å²) in [6.45, 7) is 15.2. The summed E-state index contributed by atoms with van der Waals surface area (Å²) >= 11 is 1.56. The highest BCUT2D eigenvalue weighted by molar-refractivity contribution is 7.13. The maximum Gasteiger partial charge on any atom is 0.408 e. The summed E-state index contributed by atoms with van der Waals surface area (Å²) in [5, 5.41) is 25.1. The van der Waals surface area contributed by atoms with Gasteiger partial charge in [-0.05, 0) is 106 Å². The number of urea groups is 1. The minimum Gasteiger partial charge on any atom is -0.444 e. The van der Waals surface area contributed by atoms with Gasteiger partial charge in [-0.2, -0.15) is 0 Å². The maximum atomic E-state index is 14.2. The number of benzene rings is 3. The Balaban J connectivity index is 0.875. The summed E-state index contributed by atoms with van der Waals surface area (Å²) in [4.78, 5) is 102. The van der Waals surface area contributed by atoms with Gasteiger partial charge in [-0.1, -0.05) is 87.5 Å². The van der Waals surface area contributed by atoms with Crippen LogP contribution < -0.4 is 37.2 Å². The number of aryl methyl sites for hydroxylation is 3. The third kappa shape index (κ3) is 15.2. The molecule has 1 aromatic heterocycles. The van der Waals surface area contributed by atoms with E-state index >= 15 is 0 Å². The van der Waals surface area contributed by atoms with Gasteiger partial charge in [0.2, 0.25) is 29.5 Å². The van der Waals surface area contributed by atoms with Gasteiger partial charge in [0.05, 0.1) is 46.6 Å². The van der Waals surface area contributed by atoms with Crippen LogP contribution in [0.3, 0.4) is 0 Å². The number of ether oxygens (including phenoxy) is 2. The summed E-state index contributed by atoms with van der Waals surface area (Å²) in [5.41, 5.74) is 13.1. The quantitative estimate of drug-likeness (QED) is 0.0544. The molecule has 4 heterocycles. The van der Waals surface area contributed by atoms with E-state index in [1.165, 1.54) is 9.80 Å². The average molecular weight is 1080 g/mol. The fraction of sp³-hybridized carbons (Fsp3) is 0.509. The summed E-state index contributed by atoms with van der Waals surface area (Å²) in [7, 11) is 0. The van der Waals surface area contributed by atoms with Gasteiger partial charge in [-0.25, -0.2) is 14.6 Å². The molecule has 77 heavy (non-hydrogen) atoms. The molecule has 8 N–H and O–H groups in total. The number of thiazole rings is 1. The number of nitrogens with two attached hydrogens (primary N) is 1. The predicted octanol–water partition coefficient (Wildman–Crippen LogP) is 5.50. The zero-order valence-electron chi connectivity index (χ0n) is 45.4. The molecule has 0 aliphatic carbocycles. The highest BCUT2D eigenvalue weighted by Crippen LogP contribution is 2.39. The van der Waals surface area contributed by atoms with Gasteiger partial charge < -0.3 is 51.8 Å². The van der Waals surface area contributed by atoms with Crippen molar-refractivity contribution in [3.05, 3.63) is 106 Å². The second-order valence-corrected chi connectivity index (χ2v) is 23.3. The first-order valence-corrected chi connectivity index (χ1v) is 27.3. The molecule has 0 bridgehead atoms. The Morgan fingerprint density at radius 2 is 1.57 bits per heavy atom. The van der Waals surface area contributed by atoms with E-state index in [-0.39, 0.29) is 51.3 Å². The van der Waals surface area contributed by atoms with Crippen molar-refractivity contribution in [3.63, 3.8) is 0 Å². The number of rotatable bonds is 20. The standard InChI is InChI=1S/C57H75N9O10S/c1-33-48(77-32-61-33)39-20-18-36(19-21-39)29-60-50(69)44-28-41(67)30-65(44)53(72)49(56(3,4)5)64-54(73)59-26-10-11-35-14-16-37(17-15-35)31-75-34(2)42(24-25-46(58)68)62-51(70)45-27-40-13-9-12-38-22-23-43(52(71)66(45)47(38)40)63-55(74)76-57(6,7)8/h9,12-21,32,34,41-45,49,67H,10-11,22-31H2,1-8H3,(H2,58,68)(H,60,69)(H,62,70)(H,63,74)(H2,59,64,73)/t34-,41-,42+,43+,44+,45+,49?/m1/s1.